The summed E-state index contributed by atoms with van der Waals surface area (Å²) in [4.78, 5) is 4.32. The lowest BCUT2D eigenvalue weighted by molar-refractivity contribution is 0.391. The molecule has 2 aromatic rings. The van der Waals surface area contributed by atoms with E-state index in [1.807, 2.05) is 38.2 Å². The first-order valence-corrected chi connectivity index (χ1v) is 5.74. The Morgan fingerprint density at radius 2 is 2.18 bits per heavy atom. The van der Waals surface area contributed by atoms with Gasteiger partial charge in [-0.05, 0) is 32.9 Å². The van der Waals surface area contributed by atoms with Gasteiger partial charge in [0.2, 0.25) is 0 Å². The van der Waals surface area contributed by atoms with Crippen LogP contribution in [0.2, 0.25) is 0 Å². The van der Waals surface area contributed by atoms with Crippen LogP contribution in [-0.4, -0.2) is 10.1 Å². The van der Waals surface area contributed by atoms with Crippen molar-refractivity contribution < 1.29 is 4.52 Å². The molecular formula is C13H17N3O. The summed E-state index contributed by atoms with van der Waals surface area (Å²) in [6, 6.07) is 6.15. The van der Waals surface area contributed by atoms with Crippen LogP contribution in [0.15, 0.2) is 28.9 Å². The number of hydrogen-bond donors (Lipinski definition) is 1. The highest BCUT2D eigenvalue weighted by atomic mass is 16.5. The van der Waals surface area contributed by atoms with Gasteiger partial charge in [-0.1, -0.05) is 11.2 Å². The van der Waals surface area contributed by atoms with Crippen LogP contribution in [0.1, 0.15) is 35.7 Å². The van der Waals surface area contributed by atoms with E-state index in [0.717, 1.165) is 29.3 Å². The van der Waals surface area contributed by atoms with Gasteiger partial charge in [0.15, 0.2) is 0 Å². The molecule has 0 unspecified atom stereocenters. The van der Waals surface area contributed by atoms with Gasteiger partial charge in [-0.15, -0.1) is 0 Å². The third kappa shape index (κ3) is 2.71. The molecule has 0 aliphatic carbocycles. The molecule has 0 bridgehead atoms. The topological polar surface area (TPSA) is 51.0 Å². The number of aromatic nitrogens is 2. The van der Waals surface area contributed by atoms with Gasteiger partial charge in [-0.3, -0.25) is 4.98 Å². The highest BCUT2D eigenvalue weighted by molar-refractivity contribution is 5.20. The van der Waals surface area contributed by atoms with Crippen LogP contribution in [0.4, 0.5) is 0 Å². The Labute approximate surface area is 101 Å². The molecule has 2 heterocycles. The van der Waals surface area contributed by atoms with E-state index >= 15 is 0 Å². The predicted molar refractivity (Wildman–Crippen MR) is 65.5 cm³/mol. The van der Waals surface area contributed by atoms with Crippen molar-refractivity contribution in [3.8, 4) is 0 Å². The molecule has 0 radical (unpaired) electrons. The maximum Gasteiger partial charge on any atom is 0.138 e. The molecule has 2 rings (SSSR count). The minimum absolute atomic E-state index is 0.213. The van der Waals surface area contributed by atoms with E-state index in [1.54, 1.807) is 0 Å². The largest absolute Gasteiger partial charge is 0.361 e. The number of hydrogen-bond acceptors (Lipinski definition) is 4. The average molecular weight is 231 g/mol. The molecule has 0 amide bonds. The first-order valence-electron chi connectivity index (χ1n) is 5.74. The summed E-state index contributed by atoms with van der Waals surface area (Å²) in [6.07, 6.45) is 1.81. The first kappa shape index (κ1) is 11.8. The van der Waals surface area contributed by atoms with E-state index in [4.69, 9.17) is 4.52 Å². The van der Waals surface area contributed by atoms with Gasteiger partial charge in [0.25, 0.3) is 0 Å². The molecule has 1 atom stereocenters. The van der Waals surface area contributed by atoms with E-state index in [0.29, 0.717) is 0 Å². The van der Waals surface area contributed by atoms with Crippen molar-refractivity contribution in [2.75, 3.05) is 0 Å². The summed E-state index contributed by atoms with van der Waals surface area (Å²) in [7, 11) is 0. The maximum absolute atomic E-state index is 5.13. The van der Waals surface area contributed by atoms with E-state index in [1.165, 1.54) is 0 Å². The fourth-order valence-electron chi connectivity index (χ4n) is 1.75. The lowest BCUT2D eigenvalue weighted by Crippen LogP contribution is -2.19. The van der Waals surface area contributed by atoms with E-state index in [2.05, 4.69) is 22.4 Å². The van der Waals surface area contributed by atoms with Crippen molar-refractivity contribution in [1.82, 2.24) is 15.5 Å². The van der Waals surface area contributed by atoms with Gasteiger partial charge in [0.05, 0.1) is 11.4 Å². The molecule has 2 aromatic heterocycles. The van der Waals surface area contributed by atoms with E-state index in [9.17, 15) is 0 Å². The smallest absolute Gasteiger partial charge is 0.138 e. The molecule has 0 saturated carbocycles. The van der Waals surface area contributed by atoms with Crippen molar-refractivity contribution >= 4 is 0 Å². The molecule has 4 heteroatoms. The van der Waals surface area contributed by atoms with Crippen molar-refractivity contribution in [3.63, 3.8) is 0 Å². The summed E-state index contributed by atoms with van der Waals surface area (Å²) in [6.45, 7) is 6.74. The average Bonchev–Trinajstić information content (AvgIpc) is 2.67. The van der Waals surface area contributed by atoms with Gasteiger partial charge < -0.3 is 9.84 Å². The van der Waals surface area contributed by atoms with Crippen LogP contribution in [0.3, 0.4) is 0 Å². The molecule has 90 valence electrons. The van der Waals surface area contributed by atoms with E-state index < -0.39 is 0 Å². The Bertz CT molecular complexity index is 459. The van der Waals surface area contributed by atoms with Crippen LogP contribution in [-0.2, 0) is 6.54 Å². The third-order valence-electron chi connectivity index (χ3n) is 2.90. The number of pyridine rings is 1. The minimum Gasteiger partial charge on any atom is -0.361 e. The molecule has 0 aliphatic rings. The van der Waals surface area contributed by atoms with Crippen molar-refractivity contribution in [3.05, 3.63) is 47.1 Å². The summed E-state index contributed by atoms with van der Waals surface area (Å²) in [5.41, 5.74) is 3.12. The van der Waals surface area contributed by atoms with Crippen molar-refractivity contribution in [2.24, 2.45) is 0 Å². The van der Waals surface area contributed by atoms with Crippen LogP contribution in [0, 0.1) is 13.8 Å². The Morgan fingerprint density at radius 3 is 2.76 bits per heavy atom. The van der Waals surface area contributed by atoms with Gasteiger partial charge >= 0.3 is 0 Å². The highest BCUT2D eigenvalue weighted by Crippen LogP contribution is 2.14. The first-order chi connectivity index (χ1) is 8.18. The highest BCUT2D eigenvalue weighted by Gasteiger charge is 2.11. The lowest BCUT2D eigenvalue weighted by atomic mass is 10.1. The second kappa shape index (κ2) is 5.10. The van der Waals surface area contributed by atoms with Crippen LogP contribution >= 0.6 is 0 Å². The zero-order valence-electron chi connectivity index (χ0n) is 10.4. The molecular weight excluding hydrogens is 214 g/mol. The fourth-order valence-corrected chi connectivity index (χ4v) is 1.75. The number of aryl methyl sites for hydroxylation is 2. The SMILES string of the molecule is Cc1noc(C)c1CN[C@@H](C)c1ccccn1. The minimum atomic E-state index is 0.213. The molecule has 0 aromatic carbocycles. The molecule has 0 spiro atoms. The second-order valence-corrected chi connectivity index (χ2v) is 4.16. The summed E-state index contributed by atoms with van der Waals surface area (Å²) in [5, 5.41) is 7.36. The normalized spacial score (nSPS) is 12.6. The predicted octanol–water partition coefficient (Wildman–Crippen LogP) is 2.54. The van der Waals surface area contributed by atoms with Crippen molar-refractivity contribution in [1.29, 1.82) is 0 Å². The zero-order chi connectivity index (χ0) is 12.3. The summed E-state index contributed by atoms with van der Waals surface area (Å²) >= 11 is 0. The maximum atomic E-state index is 5.13. The van der Waals surface area contributed by atoms with Gasteiger partial charge in [0.1, 0.15) is 5.76 Å². The fraction of sp³-hybridized carbons (Fsp3) is 0.385. The van der Waals surface area contributed by atoms with Gasteiger partial charge in [0, 0.05) is 24.3 Å². The number of nitrogens with one attached hydrogen (secondary N) is 1. The monoisotopic (exact) mass is 231 g/mol. The molecule has 0 aliphatic heterocycles. The zero-order valence-corrected chi connectivity index (χ0v) is 10.4. The Morgan fingerprint density at radius 1 is 1.35 bits per heavy atom. The standard InChI is InChI=1S/C13H17N3O/c1-9-12(11(3)17-16-9)8-15-10(2)13-6-4-5-7-14-13/h4-7,10,15H,8H2,1-3H3/t10-/m0/s1. The Hall–Kier alpha value is -1.68. The lowest BCUT2D eigenvalue weighted by Gasteiger charge is -2.12. The Kier molecular flexibility index (Phi) is 3.54. The number of rotatable bonds is 4. The quantitative estimate of drug-likeness (QED) is 0.878. The number of nitrogens with zero attached hydrogens (tertiary/aromatic N) is 2. The van der Waals surface area contributed by atoms with Crippen LogP contribution < -0.4 is 5.32 Å². The molecule has 0 fully saturated rings. The van der Waals surface area contributed by atoms with E-state index in [-0.39, 0.29) is 6.04 Å². The van der Waals surface area contributed by atoms with Crippen LogP contribution in [0.5, 0.6) is 0 Å². The molecule has 1 N–H and O–H groups in total. The third-order valence-corrected chi connectivity index (χ3v) is 2.90. The second-order valence-electron chi connectivity index (χ2n) is 4.16. The van der Waals surface area contributed by atoms with Crippen molar-refractivity contribution in [2.45, 2.75) is 33.4 Å². The molecule has 0 saturated heterocycles. The molecule has 4 nitrogen and oxygen atoms in total. The summed E-state index contributed by atoms with van der Waals surface area (Å²) in [5.74, 6) is 0.878. The molecule has 17 heavy (non-hydrogen) atoms. The Balaban J connectivity index is 1.99. The van der Waals surface area contributed by atoms with Crippen LogP contribution in [0.25, 0.3) is 0 Å². The summed E-state index contributed by atoms with van der Waals surface area (Å²) < 4.78 is 5.13. The van der Waals surface area contributed by atoms with Gasteiger partial charge in [-0.25, -0.2) is 0 Å². The van der Waals surface area contributed by atoms with Gasteiger partial charge in [-0.2, -0.15) is 0 Å².